The molecule has 3 unspecified atom stereocenters. The van der Waals surface area contributed by atoms with Gasteiger partial charge in [0.1, 0.15) is 0 Å². The molecule has 1 fully saturated rings. The average Bonchev–Trinajstić information content (AvgIpc) is 2.81. The van der Waals surface area contributed by atoms with E-state index >= 15 is 0 Å². The Morgan fingerprint density at radius 2 is 2.22 bits per heavy atom. The molecule has 4 heteroatoms. The third-order valence-corrected chi connectivity index (χ3v) is 4.26. The summed E-state index contributed by atoms with van der Waals surface area (Å²) in [4.78, 5) is 0. The van der Waals surface area contributed by atoms with Crippen LogP contribution in [-0.2, 0) is 4.74 Å². The average molecular weight is 288 g/mol. The summed E-state index contributed by atoms with van der Waals surface area (Å²) in [5, 5.41) is 4.78. The first-order valence-electron chi connectivity index (χ1n) is 6.41. The van der Waals surface area contributed by atoms with Gasteiger partial charge >= 0.3 is 0 Å². The number of hydrogen-bond donors (Lipinski definition) is 1. The van der Waals surface area contributed by atoms with Crippen molar-refractivity contribution in [3.8, 4) is 0 Å². The molecule has 1 aliphatic rings. The van der Waals surface area contributed by atoms with E-state index in [0.717, 1.165) is 30.0 Å². The molecular formula is C14H19Cl2NO. The predicted molar refractivity (Wildman–Crippen MR) is 76.4 cm³/mol. The molecule has 1 aromatic rings. The van der Waals surface area contributed by atoms with E-state index in [4.69, 9.17) is 27.9 Å². The van der Waals surface area contributed by atoms with Gasteiger partial charge in [-0.15, -0.1) is 0 Å². The summed E-state index contributed by atoms with van der Waals surface area (Å²) in [5.74, 6) is 0.471. The van der Waals surface area contributed by atoms with E-state index < -0.39 is 0 Å². The van der Waals surface area contributed by atoms with Crippen LogP contribution in [0.25, 0.3) is 0 Å². The molecule has 0 aromatic heterocycles. The Morgan fingerprint density at radius 1 is 1.44 bits per heavy atom. The van der Waals surface area contributed by atoms with Crippen molar-refractivity contribution in [2.45, 2.75) is 31.9 Å². The highest BCUT2D eigenvalue weighted by Gasteiger charge is 2.34. The van der Waals surface area contributed by atoms with E-state index in [9.17, 15) is 0 Å². The zero-order valence-electron chi connectivity index (χ0n) is 10.7. The lowest BCUT2D eigenvalue weighted by atomic mass is 9.87. The highest BCUT2D eigenvalue weighted by atomic mass is 35.5. The van der Waals surface area contributed by atoms with Gasteiger partial charge in [0, 0.05) is 28.6 Å². The third-order valence-electron chi connectivity index (χ3n) is 3.70. The minimum Gasteiger partial charge on any atom is -0.378 e. The molecule has 100 valence electrons. The van der Waals surface area contributed by atoms with Gasteiger partial charge in [0.15, 0.2) is 0 Å². The maximum absolute atomic E-state index is 6.31. The summed E-state index contributed by atoms with van der Waals surface area (Å²) in [6.07, 6.45) is 2.42. The van der Waals surface area contributed by atoms with Crippen LogP contribution in [0, 0.1) is 5.92 Å². The Balaban J connectivity index is 2.27. The van der Waals surface area contributed by atoms with Crippen LogP contribution >= 0.6 is 23.2 Å². The molecule has 0 bridgehead atoms. The zero-order valence-corrected chi connectivity index (χ0v) is 12.3. The Bertz CT molecular complexity index is 411. The fourth-order valence-electron chi connectivity index (χ4n) is 2.82. The molecule has 3 atom stereocenters. The molecule has 1 aromatic carbocycles. The Hall–Kier alpha value is -0.280. The van der Waals surface area contributed by atoms with Crippen LogP contribution in [0.3, 0.4) is 0 Å². The van der Waals surface area contributed by atoms with Crippen molar-refractivity contribution in [3.05, 3.63) is 33.8 Å². The first-order valence-corrected chi connectivity index (χ1v) is 7.16. The smallest absolute Gasteiger partial charge is 0.0619 e. The quantitative estimate of drug-likeness (QED) is 0.901. The molecule has 1 aliphatic heterocycles. The van der Waals surface area contributed by atoms with Gasteiger partial charge in [-0.05, 0) is 37.6 Å². The summed E-state index contributed by atoms with van der Waals surface area (Å²) in [5.41, 5.74) is 1.11. The van der Waals surface area contributed by atoms with Gasteiger partial charge in [-0.3, -0.25) is 0 Å². The zero-order chi connectivity index (χ0) is 13.1. The highest BCUT2D eigenvalue weighted by molar-refractivity contribution is 6.35. The second kappa shape index (κ2) is 6.25. The molecule has 0 radical (unpaired) electrons. The van der Waals surface area contributed by atoms with Crippen LogP contribution in [0.1, 0.15) is 31.4 Å². The number of benzene rings is 1. The Morgan fingerprint density at radius 3 is 2.83 bits per heavy atom. The molecule has 1 N–H and O–H groups in total. The van der Waals surface area contributed by atoms with E-state index in [0.29, 0.717) is 17.0 Å². The van der Waals surface area contributed by atoms with Crippen LogP contribution < -0.4 is 5.32 Å². The number of rotatable bonds is 4. The summed E-state index contributed by atoms with van der Waals surface area (Å²) < 4.78 is 5.77. The molecule has 0 spiro atoms. The lowest BCUT2D eigenvalue weighted by Crippen LogP contribution is -2.30. The number of hydrogen-bond acceptors (Lipinski definition) is 2. The van der Waals surface area contributed by atoms with Crippen molar-refractivity contribution in [3.63, 3.8) is 0 Å². The van der Waals surface area contributed by atoms with Crippen LogP contribution in [0.4, 0.5) is 0 Å². The largest absolute Gasteiger partial charge is 0.378 e. The molecule has 0 aliphatic carbocycles. The van der Waals surface area contributed by atoms with Crippen molar-refractivity contribution in [2.24, 2.45) is 5.92 Å². The Labute approximate surface area is 119 Å². The van der Waals surface area contributed by atoms with E-state index in [-0.39, 0.29) is 6.04 Å². The molecule has 0 amide bonds. The lowest BCUT2D eigenvalue weighted by Gasteiger charge is -2.28. The molecule has 0 saturated carbocycles. The standard InChI is InChI=1S/C14H19Cl2NO/c1-3-13-11(6-7-18-13)14(17-2)10-5-4-9(15)8-12(10)16/h4-5,8,11,13-14,17H,3,6-7H2,1-2H3. The summed E-state index contributed by atoms with van der Waals surface area (Å²) in [6, 6.07) is 5.93. The Kier molecular flexibility index (Phi) is 4.91. The summed E-state index contributed by atoms with van der Waals surface area (Å²) >= 11 is 12.3. The third kappa shape index (κ3) is 2.83. The van der Waals surface area contributed by atoms with Gasteiger partial charge in [-0.2, -0.15) is 0 Å². The van der Waals surface area contributed by atoms with Gasteiger partial charge in [0.05, 0.1) is 6.10 Å². The fourth-order valence-corrected chi connectivity index (χ4v) is 3.35. The summed E-state index contributed by atoms with van der Waals surface area (Å²) in [7, 11) is 1.97. The SMILES string of the molecule is CCC1OCCC1C(NC)c1ccc(Cl)cc1Cl. The van der Waals surface area contributed by atoms with Gasteiger partial charge in [-0.1, -0.05) is 36.2 Å². The van der Waals surface area contributed by atoms with Gasteiger partial charge in [-0.25, -0.2) is 0 Å². The van der Waals surface area contributed by atoms with Gasteiger partial charge in [0.2, 0.25) is 0 Å². The minimum atomic E-state index is 0.224. The normalized spacial score (nSPS) is 25.3. The van der Waals surface area contributed by atoms with Gasteiger partial charge < -0.3 is 10.1 Å². The monoisotopic (exact) mass is 287 g/mol. The van der Waals surface area contributed by atoms with E-state index in [1.165, 1.54) is 0 Å². The lowest BCUT2D eigenvalue weighted by molar-refractivity contribution is 0.0782. The molecule has 1 heterocycles. The first kappa shape index (κ1) is 14.1. The molecule has 18 heavy (non-hydrogen) atoms. The fraction of sp³-hybridized carbons (Fsp3) is 0.571. The second-order valence-corrected chi connectivity index (χ2v) is 5.55. The van der Waals surface area contributed by atoms with Crippen molar-refractivity contribution < 1.29 is 4.74 Å². The van der Waals surface area contributed by atoms with Gasteiger partial charge in [0.25, 0.3) is 0 Å². The minimum absolute atomic E-state index is 0.224. The van der Waals surface area contributed by atoms with Crippen LogP contribution in [-0.4, -0.2) is 19.8 Å². The van der Waals surface area contributed by atoms with Crippen molar-refractivity contribution in [1.29, 1.82) is 0 Å². The highest BCUT2D eigenvalue weighted by Crippen LogP contribution is 2.37. The second-order valence-electron chi connectivity index (χ2n) is 4.70. The molecule has 2 nitrogen and oxygen atoms in total. The topological polar surface area (TPSA) is 21.3 Å². The number of nitrogens with one attached hydrogen (secondary N) is 1. The molecular weight excluding hydrogens is 269 g/mol. The molecule has 2 rings (SSSR count). The van der Waals surface area contributed by atoms with E-state index in [1.54, 1.807) is 6.07 Å². The maximum Gasteiger partial charge on any atom is 0.0619 e. The van der Waals surface area contributed by atoms with E-state index in [2.05, 4.69) is 12.2 Å². The van der Waals surface area contributed by atoms with Crippen molar-refractivity contribution >= 4 is 23.2 Å². The molecule has 1 saturated heterocycles. The van der Waals surface area contributed by atoms with Crippen LogP contribution in [0.15, 0.2) is 18.2 Å². The van der Waals surface area contributed by atoms with E-state index in [1.807, 2.05) is 19.2 Å². The predicted octanol–water partition coefficient (Wildman–Crippen LogP) is 4.07. The van der Waals surface area contributed by atoms with Crippen molar-refractivity contribution in [2.75, 3.05) is 13.7 Å². The van der Waals surface area contributed by atoms with Crippen LogP contribution in [0.2, 0.25) is 10.0 Å². The number of ether oxygens (including phenoxy) is 1. The van der Waals surface area contributed by atoms with Crippen LogP contribution in [0.5, 0.6) is 0 Å². The summed E-state index contributed by atoms with van der Waals surface area (Å²) in [6.45, 7) is 3.01. The first-order chi connectivity index (χ1) is 8.67. The maximum atomic E-state index is 6.31. The number of halogens is 2. The van der Waals surface area contributed by atoms with Crippen molar-refractivity contribution in [1.82, 2.24) is 5.32 Å².